The maximum atomic E-state index is 12.7. The van der Waals surface area contributed by atoms with Crippen molar-refractivity contribution in [2.45, 2.75) is 51.1 Å². The molecule has 0 saturated carbocycles. The summed E-state index contributed by atoms with van der Waals surface area (Å²) in [7, 11) is -3.36. The van der Waals surface area contributed by atoms with Crippen LogP contribution >= 0.6 is 0 Å². The zero-order valence-corrected chi connectivity index (χ0v) is 17.9. The zero-order valence-electron chi connectivity index (χ0n) is 17.0. The number of benzene rings is 1. The SMILES string of the molecule is CCCC(=O)N1CCCC(NS(C)(=O)=O)C1Cc1ccnc(-c2ccccc2)c1. The number of aromatic nitrogens is 1. The van der Waals surface area contributed by atoms with E-state index in [0.717, 1.165) is 36.1 Å². The van der Waals surface area contributed by atoms with E-state index in [9.17, 15) is 13.2 Å². The molecule has 0 aliphatic carbocycles. The third-order valence-electron chi connectivity index (χ3n) is 5.27. The van der Waals surface area contributed by atoms with Crippen LogP contribution in [0.3, 0.4) is 0 Å². The number of sulfonamides is 1. The minimum absolute atomic E-state index is 0.0924. The molecule has 0 spiro atoms. The van der Waals surface area contributed by atoms with Crippen LogP contribution in [0.5, 0.6) is 0 Å². The summed E-state index contributed by atoms with van der Waals surface area (Å²) in [5.74, 6) is 0.0924. The van der Waals surface area contributed by atoms with Crippen molar-refractivity contribution in [3.05, 3.63) is 54.2 Å². The molecule has 156 valence electrons. The van der Waals surface area contributed by atoms with E-state index in [1.54, 1.807) is 6.20 Å². The van der Waals surface area contributed by atoms with Gasteiger partial charge in [-0.1, -0.05) is 37.3 Å². The summed E-state index contributed by atoms with van der Waals surface area (Å²) in [6, 6.07) is 13.4. The molecule has 0 radical (unpaired) electrons. The lowest BCUT2D eigenvalue weighted by molar-refractivity contribution is -0.135. The van der Waals surface area contributed by atoms with Crippen LogP contribution in [0.25, 0.3) is 11.3 Å². The standard InChI is InChI=1S/C22H29N3O3S/c1-3-8-22(26)25-14-7-11-19(24-29(2,27)28)21(25)16-17-12-13-23-20(15-17)18-9-5-4-6-10-18/h4-6,9-10,12-13,15,19,21,24H,3,7-8,11,14,16H2,1-2H3. The zero-order chi connectivity index (χ0) is 20.9. The normalized spacial score (nSPS) is 19.9. The Kier molecular flexibility index (Phi) is 7.03. The first-order valence-corrected chi connectivity index (χ1v) is 12.0. The molecule has 1 fully saturated rings. The van der Waals surface area contributed by atoms with Gasteiger partial charge in [0.2, 0.25) is 15.9 Å². The minimum Gasteiger partial charge on any atom is -0.338 e. The molecule has 2 aromatic rings. The topological polar surface area (TPSA) is 79.4 Å². The number of nitrogens with zero attached hydrogens (tertiary/aromatic N) is 2. The predicted octanol–water partition coefficient (Wildman–Crippen LogP) is 3.00. The van der Waals surface area contributed by atoms with Gasteiger partial charge in [0.15, 0.2) is 0 Å². The van der Waals surface area contributed by atoms with Crippen molar-refractivity contribution in [3.8, 4) is 11.3 Å². The van der Waals surface area contributed by atoms with Crippen LogP contribution in [0.2, 0.25) is 0 Å². The highest BCUT2D eigenvalue weighted by Crippen LogP contribution is 2.25. The minimum atomic E-state index is -3.36. The number of piperidine rings is 1. The number of rotatable bonds is 7. The van der Waals surface area contributed by atoms with Crippen LogP contribution < -0.4 is 4.72 Å². The van der Waals surface area contributed by atoms with Crippen LogP contribution in [0.4, 0.5) is 0 Å². The van der Waals surface area contributed by atoms with Gasteiger partial charge in [-0.05, 0) is 43.4 Å². The summed E-state index contributed by atoms with van der Waals surface area (Å²) in [5.41, 5.74) is 2.95. The molecule has 7 heteroatoms. The smallest absolute Gasteiger partial charge is 0.222 e. The van der Waals surface area contributed by atoms with Crippen molar-refractivity contribution in [2.75, 3.05) is 12.8 Å². The second-order valence-corrected chi connectivity index (χ2v) is 9.44. The molecule has 1 aromatic carbocycles. The number of nitrogens with one attached hydrogen (secondary N) is 1. The molecule has 2 heterocycles. The van der Waals surface area contributed by atoms with Gasteiger partial charge in [-0.25, -0.2) is 13.1 Å². The number of carbonyl (C=O) groups excluding carboxylic acids is 1. The summed E-state index contributed by atoms with van der Waals surface area (Å²) < 4.78 is 26.6. The van der Waals surface area contributed by atoms with Crippen molar-refractivity contribution in [1.29, 1.82) is 0 Å². The molecule has 2 unspecified atom stereocenters. The number of likely N-dealkylation sites (tertiary alicyclic amines) is 1. The predicted molar refractivity (Wildman–Crippen MR) is 115 cm³/mol. The molecule has 1 saturated heterocycles. The summed E-state index contributed by atoms with van der Waals surface area (Å²) in [4.78, 5) is 19.1. The maximum Gasteiger partial charge on any atom is 0.222 e. The largest absolute Gasteiger partial charge is 0.338 e. The molecule has 1 aliphatic rings. The van der Waals surface area contributed by atoms with Gasteiger partial charge in [0.25, 0.3) is 0 Å². The van der Waals surface area contributed by atoms with Crippen molar-refractivity contribution < 1.29 is 13.2 Å². The van der Waals surface area contributed by atoms with E-state index in [-0.39, 0.29) is 18.0 Å². The van der Waals surface area contributed by atoms with Crippen molar-refractivity contribution in [3.63, 3.8) is 0 Å². The molecule has 1 aromatic heterocycles. The number of hydrogen-bond acceptors (Lipinski definition) is 4. The molecular weight excluding hydrogens is 386 g/mol. The van der Waals surface area contributed by atoms with Crippen LogP contribution in [-0.2, 0) is 21.2 Å². The first-order valence-electron chi connectivity index (χ1n) is 10.1. The Bertz CT molecular complexity index is 931. The van der Waals surface area contributed by atoms with E-state index in [4.69, 9.17) is 0 Å². The second kappa shape index (κ2) is 9.50. The second-order valence-electron chi connectivity index (χ2n) is 7.66. The van der Waals surface area contributed by atoms with E-state index in [2.05, 4.69) is 9.71 Å². The maximum absolute atomic E-state index is 12.7. The Hall–Kier alpha value is -2.25. The summed E-state index contributed by atoms with van der Waals surface area (Å²) in [5, 5.41) is 0. The molecule has 3 rings (SSSR count). The van der Waals surface area contributed by atoms with Gasteiger partial charge >= 0.3 is 0 Å². The molecule has 1 amide bonds. The van der Waals surface area contributed by atoms with E-state index in [1.165, 1.54) is 6.26 Å². The molecule has 0 bridgehead atoms. The van der Waals surface area contributed by atoms with Crippen LogP contribution in [0, 0.1) is 0 Å². The van der Waals surface area contributed by atoms with E-state index in [0.29, 0.717) is 19.4 Å². The Morgan fingerprint density at radius 1 is 1.24 bits per heavy atom. The van der Waals surface area contributed by atoms with Crippen molar-refractivity contribution in [1.82, 2.24) is 14.6 Å². The lowest BCUT2D eigenvalue weighted by Crippen LogP contribution is -2.57. The lowest BCUT2D eigenvalue weighted by Gasteiger charge is -2.41. The fourth-order valence-electron chi connectivity index (χ4n) is 4.00. The molecule has 29 heavy (non-hydrogen) atoms. The van der Waals surface area contributed by atoms with Gasteiger partial charge in [0.05, 0.1) is 18.0 Å². The Morgan fingerprint density at radius 3 is 2.69 bits per heavy atom. The van der Waals surface area contributed by atoms with Crippen LogP contribution in [-0.4, -0.2) is 49.1 Å². The van der Waals surface area contributed by atoms with E-state index in [1.807, 2.05) is 54.3 Å². The highest BCUT2D eigenvalue weighted by Gasteiger charge is 2.35. The summed E-state index contributed by atoms with van der Waals surface area (Å²) >= 11 is 0. The van der Waals surface area contributed by atoms with Crippen LogP contribution in [0.1, 0.15) is 38.2 Å². The molecule has 6 nitrogen and oxygen atoms in total. The molecular formula is C22H29N3O3S. The highest BCUT2D eigenvalue weighted by atomic mass is 32.2. The highest BCUT2D eigenvalue weighted by molar-refractivity contribution is 7.88. The Labute approximate surface area is 173 Å². The van der Waals surface area contributed by atoms with Crippen molar-refractivity contribution in [2.24, 2.45) is 0 Å². The van der Waals surface area contributed by atoms with Gasteiger partial charge in [0, 0.05) is 30.8 Å². The number of pyridine rings is 1. The summed E-state index contributed by atoms with van der Waals surface area (Å²) in [6.07, 6.45) is 6.32. The van der Waals surface area contributed by atoms with E-state index < -0.39 is 10.0 Å². The van der Waals surface area contributed by atoms with E-state index >= 15 is 0 Å². The Morgan fingerprint density at radius 2 is 2.00 bits per heavy atom. The third kappa shape index (κ3) is 5.87. The van der Waals surface area contributed by atoms with Crippen LogP contribution in [0.15, 0.2) is 48.7 Å². The van der Waals surface area contributed by atoms with Crippen molar-refractivity contribution >= 4 is 15.9 Å². The molecule has 2 atom stereocenters. The quantitative estimate of drug-likeness (QED) is 0.754. The third-order valence-corrected chi connectivity index (χ3v) is 6.00. The fraction of sp³-hybridized carbons (Fsp3) is 0.455. The first-order chi connectivity index (χ1) is 13.9. The van der Waals surface area contributed by atoms with Gasteiger partial charge < -0.3 is 4.90 Å². The first kappa shape index (κ1) is 21.5. The van der Waals surface area contributed by atoms with Gasteiger partial charge in [-0.2, -0.15) is 0 Å². The fourth-order valence-corrected chi connectivity index (χ4v) is 4.82. The van der Waals surface area contributed by atoms with Gasteiger partial charge in [-0.3, -0.25) is 9.78 Å². The summed E-state index contributed by atoms with van der Waals surface area (Å²) in [6.45, 7) is 2.65. The molecule has 1 aliphatic heterocycles. The monoisotopic (exact) mass is 415 g/mol. The number of carbonyl (C=O) groups is 1. The van der Waals surface area contributed by atoms with Gasteiger partial charge in [-0.15, -0.1) is 0 Å². The molecule has 1 N–H and O–H groups in total. The van der Waals surface area contributed by atoms with Gasteiger partial charge in [0.1, 0.15) is 0 Å². The number of hydrogen-bond donors (Lipinski definition) is 1. The Balaban J connectivity index is 1.89. The average Bonchev–Trinajstić information content (AvgIpc) is 2.69. The lowest BCUT2D eigenvalue weighted by atomic mass is 9.91. The average molecular weight is 416 g/mol. The number of amides is 1.